The second-order valence-electron chi connectivity index (χ2n) is 12.1. The number of amides is 1. The Hall–Kier alpha value is -3.28. The topological polar surface area (TPSA) is 89.9 Å². The highest BCUT2D eigenvalue weighted by atomic mass is 35.5. The largest absolute Gasteiger partial charge is 0.488 e. The molecule has 0 N–H and O–H groups in total. The van der Waals surface area contributed by atoms with Gasteiger partial charge in [-0.05, 0) is 73.6 Å². The molecule has 0 saturated carbocycles. The molecule has 0 spiro atoms. The Morgan fingerprint density at radius 1 is 1.28 bits per heavy atom. The maximum Gasteiger partial charge on any atom is 0.413 e. The van der Waals surface area contributed by atoms with Crippen LogP contribution in [0.4, 0.5) is 15.0 Å². The molecule has 1 amide bonds. The van der Waals surface area contributed by atoms with Crippen molar-refractivity contribution in [1.82, 2.24) is 20.1 Å². The number of hydrogen-bond donors (Lipinski definition) is 0. The van der Waals surface area contributed by atoms with Gasteiger partial charge < -0.3 is 19.1 Å². The second kappa shape index (κ2) is 12.8. The number of carbonyl (C=O) groups excluding carboxylic acids is 1. The molecule has 1 aliphatic rings. The van der Waals surface area contributed by atoms with E-state index < -0.39 is 29.3 Å². The van der Waals surface area contributed by atoms with Crippen molar-refractivity contribution >= 4 is 34.8 Å². The number of pyridine rings is 1. The predicted octanol–water partition coefficient (Wildman–Crippen LogP) is 7.60. The van der Waals surface area contributed by atoms with Crippen molar-refractivity contribution in [3.8, 4) is 26.9 Å². The molecule has 3 heterocycles. The van der Waals surface area contributed by atoms with E-state index in [1.54, 1.807) is 40.8 Å². The number of hydrogen-bond acceptors (Lipinski definition) is 9. The quantitative estimate of drug-likeness (QED) is 0.223. The molecule has 2 atom stereocenters. The van der Waals surface area contributed by atoms with Gasteiger partial charge >= 0.3 is 6.09 Å². The zero-order valence-corrected chi connectivity index (χ0v) is 27.4. The number of nitrogens with zero attached hydrogens (tertiary/aromatic N) is 5. The van der Waals surface area contributed by atoms with Crippen LogP contribution in [0, 0.1) is 5.82 Å². The molecule has 9 nitrogen and oxygen atoms in total. The van der Waals surface area contributed by atoms with Gasteiger partial charge in [-0.1, -0.05) is 29.0 Å². The Kier molecular flexibility index (Phi) is 9.68. The van der Waals surface area contributed by atoms with Crippen molar-refractivity contribution in [2.75, 3.05) is 18.1 Å². The Bertz CT molecular complexity index is 1460. The van der Waals surface area contributed by atoms with Gasteiger partial charge in [0.15, 0.2) is 11.6 Å². The van der Waals surface area contributed by atoms with Gasteiger partial charge in [-0.25, -0.2) is 14.2 Å². The summed E-state index contributed by atoms with van der Waals surface area (Å²) in [7, 11) is 0. The van der Waals surface area contributed by atoms with Crippen molar-refractivity contribution in [2.45, 2.75) is 84.9 Å². The van der Waals surface area contributed by atoms with Crippen LogP contribution in [0.3, 0.4) is 0 Å². The maximum absolute atomic E-state index is 15.3. The highest BCUT2D eigenvalue weighted by Gasteiger charge is 2.50. The van der Waals surface area contributed by atoms with Crippen molar-refractivity contribution in [1.29, 1.82) is 0 Å². The lowest BCUT2D eigenvalue weighted by Crippen LogP contribution is -2.52. The number of ether oxygens (including phenoxy) is 3. The molecule has 2 aromatic heterocycles. The number of carbonyl (C=O) groups is 1. The summed E-state index contributed by atoms with van der Waals surface area (Å²) in [5, 5.41) is 9.88. The molecular formula is C31H39ClFN5O4S. The number of benzene rings is 1. The van der Waals surface area contributed by atoms with Gasteiger partial charge in [0, 0.05) is 36.0 Å². The first-order valence-electron chi connectivity index (χ1n) is 14.1. The Balaban J connectivity index is 1.50. The van der Waals surface area contributed by atoms with E-state index in [9.17, 15) is 4.79 Å². The van der Waals surface area contributed by atoms with Crippen LogP contribution in [0.1, 0.15) is 55.4 Å². The van der Waals surface area contributed by atoms with Crippen LogP contribution in [0.2, 0.25) is 5.02 Å². The fourth-order valence-corrected chi connectivity index (χ4v) is 6.06. The summed E-state index contributed by atoms with van der Waals surface area (Å²) >= 11 is 7.87. The van der Waals surface area contributed by atoms with Crippen LogP contribution in [0.5, 0.6) is 5.75 Å². The summed E-state index contributed by atoms with van der Waals surface area (Å²) in [4.78, 5) is 21.2. The highest BCUT2D eigenvalue weighted by Crippen LogP contribution is 2.38. The minimum Gasteiger partial charge on any atom is -0.488 e. The van der Waals surface area contributed by atoms with E-state index in [-0.39, 0.29) is 29.5 Å². The molecule has 4 rings (SSSR count). The molecule has 1 aliphatic heterocycles. The van der Waals surface area contributed by atoms with Crippen LogP contribution in [0.15, 0.2) is 43.1 Å². The number of aromatic nitrogens is 3. The first-order valence-corrected chi connectivity index (χ1v) is 15.3. The number of anilines is 1. The molecule has 232 valence electrons. The second-order valence-corrected chi connectivity index (χ2v) is 13.5. The van der Waals surface area contributed by atoms with E-state index in [4.69, 9.17) is 25.8 Å². The number of rotatable bonds is 9. The fourth-order valence-electron chi connectivity index (χ4n) is 4.89. The molecule has 1 saturated heterocycles. The summed E-state index contributed by atoms with van der Waals surface area (Å²) in [5.74, 6) is 0.168. The van der Waals surface area contributed by atoms with Crippen molar-refractivity contribution in [3.63, 3.8) is 0 Å². The van der Waals surface area contributed by atoms with E-state index in [0.29, 0.717) is 22.1 Å². The normalized spacial score (nSPS) is 18.2. The fraction of sp³-hybridized carbons (Fsp3) is 0.484. The minimum absolute atomic E-state index is 0.0244. The van der Waals surface area contributed by atoms with Gasteiger partial charge in [0.2, 0.25) is 0 Å². The zero-order valence-electron chi connectivity index (χ0n) is 25.9. The van der Waals surface area contributed by atoms with E-state index in [1.165, 1.54) is 28.4 Å². The lowest BCUT2D eigenvalue weighted by atomic mass is 10.1. The third kappa shape index (κ3) is 7.45. The van der Waals surface area contributed by atoms with Gasteiger partial charge in [-0.15, -0.1) is 16.8 Å². The van der Waals surface area contributed by atoms with E-state index in [0.717, 1.165) is 11.4 Å². The van der Waals surface area contributed by atoms with Gasteiger partial charge in [0.1, 0.15) is 33.8 Å². The Morgan fingerprint density at radius 2 is 1.98 bits per heavy atom. The molecule has 0 aliphatic carbocycles. The first kappa shape index (κ1) is 32.6. The molecule has 0 bridgehead atoms. The van der Waals surface area contributed by atoms with Crippen LogP contribution in [-0.4, -0.2) is 68.8 Å². The van der Waals surface area contributed by atoms with Crippen LogP contribution in [0.25, 0.3) is 21.1 Å². The monoisotopic (exact) mass is 631 g/mol. The lowest BCUT2D eigenvalue weighted by molar-refractivity contribution is -0.0760. The summed E-state index contributed by atoms with van der Waals surface area (Å²) in [6.45, 7) is 19.5. The molecule has 3 aromatic rings. The average Bonchev–Trinajstić information content (AvgIpc) is 3.48. The maximum atomic E-state index is 15.3. The summed E-state index contributed by atoms with van der Waals surface area (Å²) in [5.41, 5.74) is -0.437. The van der Waals surface area contributed by atoms with Crippen LogP contribution in [-0.2, 0) is 9.47 Å². The van der Waals surface area contributed by atoms with Crippen LogP contribution < -0.4 is 9.64 Å². The van der Waals surface area contributed by atoms with Crippen molar-refractivity contribution in [2.24, 2.45) is 0 Å². The summed E-state index contributed by atoms with van der Waals surface area (Å²) in [6, 6.07) is 6.30. The Morgan fingerprint density at radius 3 is 2.58 bits per heavy atom. The predicted molar refractivity (Wildman–Crippen MR) is 168 cm³/mol. The first-order chi connectivity index (χ1) is 20.1. The smallest absolute Gasteiger partial charge is 0.413 e. The molecular weight excluding hydrogens is 593 g/mol. The Labute approximate surface area is 261 Å². The molecule has 12 heteroatoms. The zero-order chi connectivity index (χ0) is 31.7. The molecule has 1 fully saturated rings. The molecule has 1 aromatic carbocycles. The van der Waals surface area contributed by atoms with Crippen molar-refractivity contribution < 1.29 is 23.4 Å². The summed E-state index contributed by atoms with van der Waals surface area (Å²) in [6.07, 6.45) is 2.68. The van der Waals surface area contributed by atoms with Gasteiger partial charge in [-0.2, -0.15) is 0 Å². The molecule has 43 heavy (non-hydrogen) atoms. The standard InChI is InChI=1S/C31H39ClFN5O4S/c1-10-13-37(18(2)3)26-12-11-20(16-34-26)27-35-36-28(43-27)21-14-23(33)25(15-22(21)32)40-17-24-19(4)41-31(8,9)38(24)29(39)42-30(5,6)7/h10-12,14-16,18-19,24H,1,13,17H2,2-9H3/t19-,24-/m0/s1. The van der Waals surface area contributed by atoms with Crippen molar-refractivity contribution in [3.05, 3.63) is 54.0 Å². The minimum atomic E-state index is -0.930. The van der Waals surface area contributed by atoms with Gasteiger partial charge in [-0.3, -0.25) is 4.90 Å². The third-order valence-electron chi connectivity index (χ3n) is 6.84. The van der Waals surface area contributed by atoms with E-state index in [1.807, 2.05) is 25.1 Å². The number of halogens is 2. The summed E-state index contributed by atoms with van der Waals surface area (Å²) < 4.78 is 32.8. The SMILES string of the molecule is C=CCN(c1ccc(-c2nnc(-c3cc(F)c(OC[C@H]4[C@H](C)OC(C)(C)N4C(=O)OC(C)(C)C)cc3Cl)s2)cn1)C(C)C. The van der Waals surface area contributed by atoms with E-state index in [2.05, 4.69) is 40.5 Å². The highest BCUT2D eigenvalue weighted by molar-refractivity contribution is 7.18. The third-order valence-corrected chi connectivity index (χ3v) is 8.16. The molecule has 0 unspecified atom stereocenters. The van der Waals surface area contributed by atoms with Crippen LogP contribution >= 0.6 is 22.9 Å². The lowest BCUT2D eigenvalue weighted by Gasteiger charge is -2.35. The molecule has 0 radical (unpaired) electrons. The average molecular weight is 632 g/mol. The van der Waals surface area contributed by atoms with Gasteiger partial charge in [0.25, 0.3) is 0 Å². The van der Waals surface area contributed by atoms with E-state index >= 15 is 4.39 Å². The van der Waals surface area contributed by atoms with Gasteiger partial charge in [0.05, 0.1) is 17.2 Å².